The van der Waals surface area contributed by atoms with Gasteiger partial charge in [0.05, 0.1) is 7.11 Å². The summed E-state index contributed by atoms with van der Waals surface area (Å²) in [5.41, 5.74) is 0.958. The minimum Gasteiger partial charge on any atom is -0.469 e. The second kappa shape index (κ2) is 10.2. The predicted octanol–water partition coefficient (Wildman–Crippen LogP) is 1.70. The van der Waals surface area contributed by atoms with Crippen LogP contribution in [0.5, 0.6) is 0 Å². The van der Waals surface area contributed by atoms with Crippen LogP contribution in [-0.2, 0) is 30.4 Å². The Balaban J connectivity index is 2.65. The highest BCUT2D eigenvalue weighted by atomic mass is 16.5. The lowest BCUT2D eigenvalue weighted by Crippen LogP contribution is -2.32. The van der Waals surface area contributed by atoms with Crippen LogP contribution < -0.4 is 0 Å². The van der Waals surface area contributed by atoms with Crippen LogP contribution in [0.2, 0.25) is 0 Å². The lowest BCUT2D eigenvalue weighted by molar-refractivity contribution is -0.147. The van der Waals surface area contributed by atoms with Crippen molar-refractivity contribution in [1.29, 1.82) is 0 Å². The highest BCUT2D eigenvalue weighted by Gasteiger charge is 2.17. The molecule has 0 spiro atoms. The molecule has 0 aliphatic carbocycles. The summed E-state index contributed by atoms with van der Waals surface area (Å²) >= 11 is 0. The van der Waals surface area contributed by atoms with Crippen LogP contribution >= 0.6 is 0 Å². The summed E-state index contributed by atoms with van der Waals surface area (Å²) in [6.07, 6.45) is 3.08. The van der Waals surface area contributed by atoms with Crippen LogP contribution in [0.25, 0.3) is 0 Å². The van der Waals surface area contributed by atoms with Gasteiger partial charge in [-0.05, 0) is 11.6 Å². The third kappa shape index (κ3) is 7.80. The smallest absolute Gasteiger partial charge is 0.315 e. The van der Waals surface area contributed by atoms with E-state index in [1.54, 1.807) is 12.2 Å². The number of methoxy groups -OCH3 is 1. The van der Waals surface area contributed by atoms with Crippen LogP contribution in [0, 0.1) is 0 Å². The van der Waals surface area contributed by atoms with Crippen molar-refractivity contribution in [2.75, 3.05) is 20.3 Å². The summed E-state index contributed by atoms with van der Waals surface area (Å²) in [5, 5.41) is 0. The number of carbonyl (C=O) groups is 3. The molecule has 1 aromatic rings. The van der Waals surface area contributed by atoms with Gasteiger partial charge in [0.2, 0.25) is 5.91 Å². The molecule has 0 atom stereocenters. The zero-order valence-electron chi connectivity index (χ0n) is 13.4. The molecule has 0 bridgehead atoms. The summed E-state index contributed by atoms with van der Waals surface area (Å²) in [7, 11) is 1.25. The van der Waals surface area contributed by atoms with Crippen molar-refractivity contribution < 1.29 is 23.9 Å². The SMILES string of the molecule is COC(=O)CC(=O)N(C/C=C\COC(C)=O)Cc1ccccc1. The number of esters is 2. The summed E-state index contributed by atoms with van der Waals surface area (Å²) in [4.78, 5) is 35.7. The van der Waals surface area contributed by atoms with E-state index in [9.17, 15) is 14.4 Å². The summed E-state index contributed by atoms with van der Waals surface area (Å²) < 4.78 is 9.31. The first-order chi connectivity index (χ1) is 11.0. The predicted molar refractivity (Wildman–Crippen MR) is 84.3 cm³/mol. The lowest BCUT2D eigenvalue weighted by Gasteiger charge is -2.21. The van der Waals surface area contributed by atoms with Gasteiger partial charge in [-0.1, -0.05) is 36.4 Å². The number of hydrogen-bond acceptors (Lipinski definition) is 5. The number of hydrogen-bond donors (Lipinski definition) is 0. The first kappa shape index (κ1) is 18.4. The van der Waals surface area contributed by atoms with Gasteiger partial charge in [-0.25, -0.2) is 0 Å². The minimum absolute atomic E-state index is 0.152. The molecular weight excluding hydrogens is 298 g/mol. The molecule has 0 aliphatic rings. The van der Waals surface area contributed by atoms with E-state index < -0.39 is 5.97 Å². The van der Waals surface area contributed by atoms with E-state index in [1.807, 2.05) is 30.3 Å². The van der Waals surface area contributed by atoms with E-state index in [0.29, 0.717) is 13.1 Å². The van der Waals surface area contributed by atoms with Gasteiger partial charge < -0.3 is 14.4 Å². The topological polar surface area (TPSA) is 72.9 Å². The third-order valence-electron chi connectivity index (χ3n) is 2.97. The van der Waals surface area contributed by atoms with Gasteiger partial charge in [-0.3, -0.25) is 14.4 Å². The van der Waals surface area contributed by atoms with E-state index in [2.05, 4.69) is 4.74 Å². The highest BCUT2D eigenvalue weighted by Crippen LogP contribution is 2.07. The Labute approximate surface area is 135 Å². The largest absolute Gasteiger partial charge is 0.469 e. The number of rotatable bonds is 8. The fourth-order valence-electron chi connectivity index (χ4n) is 1.80. The molecule has 0 unspecified atom stereocenters. The molecule has 0 heterocycles. The van der Waals surface area contributed by atoms with E-state index in [0.717, 1.165) is 5.56 Å². The van der Waals surface area contributed by atoms with Crippen LogP contribution in [0.1, 0.15) is 18.9 Å². The van der Waals surface area contributed by atoms with E-state index in [4.69, 9.17) is 4.74 Å². The van der Waals surface area contributed by atoms with Gasteiger partial charge in [0.25, 0.3) is 0 Å². The van der Waals surface area contributed by atoms with Crippen LogP contribution in [0.15, 0.2) is 42.5 Å². The van der Waals surface area contributed by atoms with Crippen molar-refractivity contribution in [3.8, 4) is 0 Å². The van der Waals surface area contributed by atoms with Crippen molar-refractivity contribution >= 4 is 17.8 Å². The molecule has 124 valence electrons. The van der Waals surface area contributed by atoms with Crippen molar-refractivity contribution in [2.24, 2.45) is 0 Å². The second-order valence-corrected chi connectivity index (χ2v) is 4.79. The Kier molecular flexibility index (Phi) is 8.13. The van der Waals surface area contributed by atoms with Crippen molar-refractivity contribution in [3.05, 3.63) is 48.0 Å². The number of amides is 1. The summed E-state index contributed by atoms with van der Waals surface area (Å²) in [6.45, 7) is 2.18. The van der Waals surface area contributed by atoms with E-state index >= 15 is 0 Å². The fraction of sp³-hybridized carbons (Fsp3) is 0.353. The Morgan fingerprint density at radius 2 is 1.83 bits per heavy atom. The van der Waals surface area contributed by atoms with E-state index in [1.165, 1.54) is 18.9 Å². The van der Waals surface area contributed by atoms with Gasteiger partial charge in [0.15, 0.2) is 0 Å². The molecule has 1 rings (SSSR count). The summed E-state index contributed by atoms with van der Waals surface area (Å²) in [5.74, 6) is -1.26. The molecule has 0 saturated carbocycles. The van der Waals surface area contributed by atoms with Crippen molar-refractivity contribution in [2.45, 2.75) is 19.9 Å². The Morgan fingerprint density at radius 3 is 2.43 bits per heavy atom. The molecule has 0 fully saturated rings. The van der Waals surface area contributed by atoms with E-state index in [-0.39, 0.29) is 24.9 Å². The number of benzene rings is 1. The molecule has 6 heteroatoms. The first-order valence-corrected chi connectivity index (χ1v) is 7.19. The standard InChI is InChI=1S/C17H21NO5/c1-14(19)23-11-7-6-10-18(16(20)12-17(21)22-2)13-15-8-4-3-5-9-15/h3-9H,10-13H2,1-2H3/b7-6-. The van der Waals surface area contributed by atoms with Crippen LogP contribution in [0.4, 0.5) is 0 Å². The van der Waals surface area contributed by atoms with Crippen LogP contribution in [-0.4, -0.2) is 43.0 Å². The Bertz CT molecular complexity index is 553. The summed E-state index contributed by atoms with van der Waals surface area (Å²) in [6, 6.07) is 9.47. The lowest BCUT2D eigenvalue weighted by atomic mass is 10.2. The van der Waals surface area contributed by atoms with Gasteiger partial charge in [-0.2, -0.15) is 0 Å². The number of carbonyl (C=O) groups excluding carboxylic acids is 3. The normalized spacial score (nSPS) is 10.3. The fourth-order valence-corrected chi connectivity index (χ4v) is 1.80. The zero-order chi connectivity index (χ0) is 17.1. The maximum absolute atomic E-state index is 12.2. The molecule has 0 aliphatic heterocycles. The molecule has 23 heavy (non-hydrogen) atoms. The van der Waals surface area contributed by atoms with Crippen molar-refractivity contribution in [1.82, 2.24) is 4.90 Å². The zero-order valence-corrected chi connectivity index (χ0v) is 13.4. The van der Waals surface area contributed by atoms with Crippen molar-refractivity contribution in [3.63, 3.8) is 0 Å². The maximum atomic E-state index is 12.2. The highest BCUT2D eigenvalue weighted by molar-refractivity contribution is 5.94. The Morgan fingerprint density at radius 1 is 1.13 bits per heavy atom. The molecule has 0 N–H and O–H groups in total. The van der Waals surface area contributed by atoms with Crippen LogP contribution in [0.3, 0.4) is 0 Å². The average molecular weight is 319 g/mol. The molecule has 0 radical (unpaired) electrons. The third-order valence-corrected chi connectivity index (χ3v) is 2.97. The molecule has 1 aromatic carbocycles. The monoisotopic (exact) mass is 319 g/mol. The molecule has 0 aromatic heterocycles. The molecule has 0 saturated heterocycles. The Hall–Kier alpha value is -2.63. The van der Waals surface area contributed by atoms with Gasteiger partial charge in [0, 0.05) is 20.0 Å². The maximum Gasteiger partial charge on any atom is 0.315 e. The quantitative estimate of drug-likeness (QED) is 0.414. The molecule has 1 amide bonds. The molecule has 6 nitrogen and oxygen atoms in total. The number of ether oxygens (including phenoxy) is 2. The van der Waals surface area contributed by atoms with Gasteiger partial charge >= 0.3 is 11.9 Å². The molecular formula is C17H21NO5. The minimum atomic E-state index is -0.572. The number of nitrogens with zero attached hydrogens (tertiary/aromatic N) is 1. The van der Waals surface area contributed by atoms with Gasteiger partial charge in [-0.15, -0.1) is 0 Å². The second-order valence-electron chi connectivity index (χ2n) is 4.79. The average Bonchev–Trinajstić information content (AvgIpc) is 2.53. The first-order valence-electron chi connectivity index (χ1n) is 7.19. The van der Waals surface area contributed by atoms with Gasteiger partial charge in [0.1, 0.15) is 13.0 Å².